The van der Waals surface area contributed by atoms with Gasteiger partial charge in [-0.2, -0.15) is 0 Å². The number of unbranched alkanes of at least 4 members (excludes halogenated alkanes) is 1. The lowest BCUT2D eigenvalue weighted by atomic mass is 9.72. The number of hydrogen-bond acceptors (Lipinski definition) is 20. The molecule has 0 aromatic rings. The third-order valence-electron chi connectivity index (χ3n) is 15.5. The molecule has 454 valence electrons. The number of amides is 12. The fraction of sp³-hybridized carbons (Fsp3) is 0.755. The Kier molecular flexibility index (Phi) is 26.0. The summed E-state index contributed by atoms with van der Waals surface area (Å²) in [5.74, 6) is -7.93. The Morgan fingerprint density at radius 1 is 0.728 bits per heavy atom. The number of fused-ring (bicyclic) bond motifs is 3. The van der Waals surface area contributed by atoms with Crippen molar-refractivity contribution in [3.63, 3.8) is 0 Å². The Bertz CT molecular complexity index is 2220. The number of quaternary nitrogens is 1. The zero-order valence-corrected chi connectivity index (χ0v) is 45.1. The second-order valence-electron chi connectivity index (χ2n) is 21.1. The van der Waals surface area contributed by atoms with E-state index in [9.17, 15) is 88.4 Å². The van der Waals surface area contributed by atoms with Gasteiger partial charge in [0.2, 0.25) is 66.0 Å². The molecule has 12 amide bonds. The van der Waals surface area contributed by atoms with Gasteiger partial charge in [0.05, 0.1) is 38.0 Å². The molecular formula is C49H81N14O18+. The van der Waals surface area contributed by atoms with E-state index in [4.69, 9.17) is 5.73 Å². The van der Waals surface area contributed by atoms with E-state index >= 15 is 0 Å². The summed E-state index contributed by atoms with van der Waals surface area (Å²) in [6.45, 7) is -2.50. The molecule has 4 heterocycles. The van der Waals surface area contributed by atoms with Crippen molar-refractivity contribution >= 4 is 71.9 Å². The summed E-state index contributed by atoms with van der Waals surface area (Å²) in [6.07, 6.45) is -1.14. The number of hydrogen-bond donors (Lipinski definition) is 17. The average Bonchev–Trinajstić information content (AvgIpc) is 3.89. The van der Waals surface area contributed by atoms with Crippen molar-refractivity contribution in [2.24, 2.45) is 11.7 Å². The van der Waals surface area contributed by atoms with Crippen LogP contribution in [-0.4, -0.2) is 243 Å². The molecular weight excluding hydrogens is 1070 g/mol. The van der Waals surface area contributed by atoms with Crippen molar-refractivity contribution in [1.29, 1.82) is 0 Å². The first kappa shape index (κ1) is 65.3. The molecule has 5 aliphatic rings. The molecule has 0 spiro atoms. The predicted molar refractivity (Wildman–Crippen MR) is 275 cm³/mol. The maximum absolute atomic E-state index is 14.3. The molecule has 0 aromatic carbocycles. The number of carbonyl (C=O) groups excluding carboxylic acids is 12. The molecule has 0 radical (unpaired) electrons. The summed E-state index contributed by atoms with van der Waals surface area (Å²) in [5.41, 5.74) is 5.71. The zero-order valence-electron chi connectivity index (χ0n) is 45.1. The van der Waals surface area contributed by atoms with Crippen LogP contribution in [0.15, 0.2) is 0 Å². The minimum absolute atomic E-state index is 0.0264. The van der Waals surface area contributed by atoms with Crippen molar-refractivity contribution in [2.45, 2.75) is 175 Å². The molecule has 1 aliphatic carbocycles. The molecule has 14 atom stereocenters. The van der Waals surface area contributed by atoms with E-state index in [0.29, 0.717) is 34.3 Å². The third kappa shape index (κ3) is 18.5. The van der Waals surface area contributed by atoms with Crippen LogP contribution in [0.5, 0.6) is 0 Å². The van der Waals surface area contributed by atoms with Gasteiger partial charge in [-0.3, -0.25) is 78.2 Å². The molecule has 81 heavy (non-hydrogen) atoms. The average molecular weight is 1150 g/mol. The Morgan fingerprint density at radius 3 is 2.05 bits per heavy atom. The molecule has 32 nitrogen and oxygen atoms in total. The van der Waals surface area contributed by atoms with Crippen LogP contribution in [0.25, 0.3) is 0 Å². The molecule has 4 aliphatic heterocycles. The van der Waals surface area contributed by atoms with Crippen molar-refractivity contribution in [1.82, 2.24) is 62.9 Å². The first-order valence-corrected chi connectivity index (χ1v) is 27.7. The lowest BCUT2D eigenvalue weighted by Gasteiger charge is -2.55. The molecule has 5 fully saturated rings. The lowest BCUT2D eigenvalue weighted by Crippen LogP contribution is -3.29. The second kappa shape index (κ2) is 32.2. The van der Waals surface area contributed by atoms with E-state index < -0.39 is 140 Å². The second-order valence-corrected chi connectivity index (χ2v) is 21.1. The Morgan fingerprint density at radius 2 is 1.38 bits per heavy atom. The van der Waals surface area contributed by atoms with Crippen molar-refractivity contribution < 1.29 is 93.3 Å². The smallest absolute Gasteiger partial charge is 0.279 e. The largest absolute Gasteiger partial charge is 0.394 e. The van der Waals surface area contributed by atoms with E-state index in [1.807, 2.05) is 0 Å². The Balaban J connectivity index is 1.26. The van der Waals surface area contributed by atoms with E-state index in [2.05, 4.69) is 47.9 Å². The number of nitrogens with one attached hydrogen (secondary N) is 10. The van der Waals surface area contributed by atoms with Crippen LogP contribution >= 0.6 is 0 Å². The first-order chi connectivity index (χ1) is 38.7. The van der Waals surface area contributed by atoms with Crippen LogP contribution in [0, 0.1) is 5.92 Å². The van der Waals surface area contributed by atoms with Gasteiger partial charge in [0.15, 0.2) is 12.2 Å². The lowest BCUT2D eigenvalue weighted by molar-refractivity contribution is -0.984. The number of nitrogens with two attached hydrogens (primary N) is 1. The van der Waals surface area contributed by atoms with Crippen LogP contribution in [0.2, 0.25) is 0 Å². The summed E-state index contributed by atoms with van der Waals surface area (Å²) in [7, 11) is 0. The van der Waals surface area contributed by atoms with Gasteiger partial charge in [-0.1, -0.05) is 0 Å². The molecule has 1 saturated carbocycles. The fourth-order valence-corrected chi connectivity index (χ4v) is 11.3. The fourth-order valence-electron chi connectivity index (χ4n) is 11.3. The third-order valence-corrected chi connectivity index (χ3v) is 15.5. The number of aliphatic hydroxyl groups is 4. The summed E-state index contributed by atoms with van der Waals surface area (Å²) >= 11 is 0. The van der Waals surface area contributed by atoms with Crippen LogP contribution in [-0.2, 0) is 57.5 Å². The quantitative estimate of drug-likeness (QED) is 0.0119. The number of hydroxylamine groups is 4. The van der Waals surface area contributed by atoms with Gasteiger partial charge in [0, 0.05) is 57.8 Å². The van der Waals surface area contributed by atoms with Gasteiger partial charge in [0.25, 0.3) is 5.91 Å². The van der Waals surface area contributed by atoms with Gasteiger partial charge in [-0.05, 0) is 83.6 Å². The van der Waals surface area contributed by atoms with Crippen LogP contribution in [0.3, 0.4) is 0 Å². The van der Waals surface area contributed by atoms with E-state index in [-0.39, 0.29) is 147 Å². The van der Waals surface area contributed by atoms with Crippen molar-refractivity contribution in [3.05, 3.63) is 0 Å². The monoisotopic (exact) mass is 1150 g/mol. The van der Waals surface area contributed by atoms with Crippen molar-refractivity contribution in [3.8, 4) is 0 Å². The molecule has 5 rings (SSSR count). The SMILES string of the molecule is NCCCC[C@H](NC(=O)[C@@H](CO)NC(=O)[C@H]1CCNC2C(N3C(=O)CCC3=O)CC3CC(O)C(O)CC3[NH+]21)C(=O)NCC(=O)N[C@@H](CCCN(O)C=O)C(=O)N[C@H]1CCCCNC(=O)[C@H](CO)NC(=O)[C@@H](CCCN(O)C=O)NC1=O. The molecule has 18 N–H and O–H groups in total. The van der Waals surface area contributed by atoms with Crippen LogP contribution in [0.4, 0.5) is 0 Å². The van der Waals surface area contributed by atoms with Gasteiger partial charge < -0.3 is 73.6 Å². The standard InChI is InChI=1S/C49H80N14O18/c50-14-3-1-7-28(55-48(78)33(24-65)59-49(79)34-13-16-51-42-36(63-40(71)11-12-41(63)72)19-27-20-37(68)38(69)21-35(27)62(34)42)43(73)53-22-39(70)54-29(9-5-17-60(80)25-66)45(75)56-30-8-2-4-15-52-44(74)32(23-64)58-47(77)31(57-46(30)76)10-6-18-61(81)26-67/h25-38,42,51,64-65,68-69,80-81H,1-24,50H2,(H,52,74)(H,53,73)(H,54,70)(H,55,78)(H,56,75)(H,57,76)(H,58,77)(H,59,79)/p+1/t27?,28-,29-,30-,31+,32-,33+,34+,35?,36?,37?,38?,42?/m0/s1. The number of imide groups is 1. The summed E-state index contributed by atoms with van der Waals surface area (Å²) < 4.78 is 0. The van der Waals surface area contributed by atoms with Gasteiger partial charge in [-0.15, -0.1) is 0 Å². The highest BCUT2D eigenvalue weighted by Gasteiger charge is 2.58. The molecule has 0 bridgehead atoms. The van der Waals surface area contributed by atoms with Crippen molar-refractivity contribution in [2.75, 3.05) is 52.5 Å². The number of piperidine rings is 1. The summed E-state index contributed by atoms with van der Waals surface area (Å²) in [6, 6.07) is -10.6. The molecule has 32 heteroatoms. The minimum atomic E-state index is -1.61. The number of nitrogens with zero attached hydrogens (tertiary/aromatic N) is 3. The normalized spacial score (nSPS) is 28.2. The van der Waals surface area contributed by atoms with E-state index in [1.54, 1.807) is 0 Å². The highest BCUT2D eigenvalue weighted by Crippen LogP contribution is 2.35. The highest BCUT2D eigenvalue weighted by molar-refractivity contribution is 6.02. The zero-order chi connectivity index (χ0) is 59.3. The summed E-state index contributed by atoms with van der Waals surface area (Å²) in [5, 5.41) is 85.1. The molecule has 0 aromatic heterocycles. The maximum atomic E-state index is 14.3. The van der Waals surface area contributed by atoms with Gasteiger partial charge in [0.1, 0.15) is 42.3 Å². The van der Waals surface area contributed by atoms with Gasteiger partial charge in [-0.25, -0.2) is 10.1 Å². The number of carbonyl (C=O) groups is 12. The number of aliphatic hydroxyl groups excluding tert-OH is 4. The highest BCUT2D eigenvalue weighted by atomic mass is 16.5. The Hall–Kier alpha value is -6.52. The molecule has 4 saturated heterocycles. The van der Waals surface area contributed by atoms with Gasteiger partial charge >= 0.3 is 0 Å². The van der Waals surface area contributed by atoms with E-state index in [0.717, 1.165) is 0 Å². The number of rotatable bonds is 27. The summed E-state index contributed by atoms with van der Waals surface area (Å²) in [4.78, 5) is 160. The predicted octanol–water partition coefficient (Wildman–Crippen LogP) is -9.32. The number of likely N-dealkylation sites (tertiary alicyclic amines) is 1. The Labute approximate surface area is 466 Å². The van der Waals surface area contributed by atoms with E-state index in [1.165, 1.54) is 4.90 Å². The maximum Gasteiger partial charge on any atom is 0.279 e. The van der Waals surface area contributed by atoms with Crippen LogP contribution in [0.1, 0.15) is 103 Å². The molecule has 7 unspecified atom stereocenters. The van der Waals surface area contributed by atoms with Crippen LogP contribution < -0.4 is 58.5 Å². The topological polar surface area (TPSA) is 475 Å². The minimum Gasteiger partial charge on any atom is -0.394 e. The first-order valence-electron chi connectivity index (χ1n) is 27.7.